The van der Waals surface area contributed by atoms with Gasteiger partial charge in [-0.1, -0.05) is 59.1 Å². The van der Waals surface area contributed by atoms with Crippen LogP contribution in [0.3, 0.4) is 0 Å². The largest absolute Gasteiger partial charge is 0.452 e. The minimum absolute atomic E-state index is 0.0103. The first kappa shape index (κ1) is 24.3. The van der Waals surface area contributed by atoms with Crippen molar-refractivity contribution < 1.29 is 22.7 Å². The summed E-state index contributed by atoms with van der Waals surface area (Å²) in [6, 6.07) is 15.6. The van der Waals surface area contributed by atoms with E-state index in [-0.39, 0.29) is 26.2 Å². The Morgan fingerprint density at radius 2 is 1.68 bits per heavy atom. The van der Waals surface area contributed by atoms with Crippen molar-refractivity contribution >= 4 is 68.1 Å². The Morgan fingerprint density at radius 1 is 0.971 bits per heavy atom. The number of para-hydroxylation sites is 1. The molecular formula is C23H17Cl3N2O5S. The molecule has 1 N–H and O–H groups in total. The molecule has 0 spiro atoms. The van der Waals surface area contributed by atoms with Crippen molar-refractivity contribution in [3.05, 3.63) is 86.9 Å². The van der Waals surface area contributed by atoms with Crippen molar-refractivity contribution in [3.8, 4) is 0 Å². The summed E-state index contributed by atoms with van der Waals surface area (Å²) in [4.78, 5) is 24.7. The monoisotopic (exact) mass is 538 g/mol. The smallest absolute Gasteiger partial charge is 0.338 e. The third-order valence-electron chi connectivity index (χ3n) is 5.11. The number of sulfonamides is 1. The zero-order chi connectivity index (χ0) is 24.5. The summed E-state index contributed by atoms with van der Waals surface area (Å²) in [5, 5.41) is 3.00. The quantitative estimate of drug-likeness (QED) is 0.435. The molecule has 0 unspecified atom stereocenters. The zero-order valence-electron chi connectivity index (χ0n) is 17.4. The van der Waals surface area contributed by atoms with Gasteiger partial charge < -0.3 is 10.1 Å². The van der Waals surface area contributed by atoms with Crippen LogP contribution in [-0.4, -0.2) is 33.4 Å². The molecule has 0 aliphatic carbocycles. The second kappa shape index (κ2) is 9.84. The maximum Gasteiger partial charge on any atom is 0.338 e. The van der Waals surface area contributed by atoms with E-state index in [4.69, 9.17) is 39.5 Å². The van der Waals surface area contributed by atoms with Crippen LogP contribution in [0.2, 0.25) is 15.1 Å². The number of nitrogens with one attached hydrogen (secondary N) is 1. The van der Waals surface area contributed by atoms with Crippen molar-refractivity contribution in [1.82, 2.24) is 0 Å². The number of carbonyl (C=O) groups excluding carboxylic acids is 2. The van der Waals surface area contributed by atoms with Crippen LogP contribution in [0.25, 0.3) is 0 Å². The number of carbonyl (C=O) groups is 2. The Labute approximate surface area is 211 Å². The molecule has 0 atom stereocenters. The fourth-order valence-electron chi connectivity index (χ4n) is 3.52. The molecule has 1 heterocycles. The Hall–Kier alpha value is -2.78. The number of benzene rings is 3. The van der Waals surface area contributed by atoms with E-state index in [1.54, 1.807) is 12.1 Å². The lowest BCUT2D eigenvalue weighted by atomic mass is 10.2. The van der Waals surface area contributed by atoms with Crippen molar-refractivity contribution in [2.75, 3.05) is 22.8 Å². The normalized spacial score (nSPS) is 12.9. The lowest BCUT2D eigenvalue weighted by Gasteiger charge is -2.19. The number of hydrogen-bond donors (Lipinski definition) is 1. The number of nitrogens with zero attached hydrogens (tertiary/aromatic N) is 1. The molecule has 11 heteroatoms. The average Bonchev–Trinajstić information content (AvgIpc) is 3.25. The molecule has 0 radical (unpaired) electrons. The minimum Gasteiger partial charge on any atom is -0.452 e. The van der Waals surface area contributed by atoms with Gasteiger partial charge in [0, 0.05) is 11.6 Å². The summed E-state index contributed by atoms with van der Waals surface area (Å²) >= 11 is 17.9. The summed E-state index contributed by atoms with van der Waals surface area (Å²) in [6.07, 6.45) is 0.605. The molecule has 0 bridgehead atoms. The highest BCUT2D eigenvalue weighted by atomic mass is 35.5. The highest BCUT2D eigenvalue weighted by Gasteiger charge is 2.31. The number of halogens is 3. The standard InChI is InChI=1S/C23H17Cl3N2O5S/c24-16-11-18(25)22(19(26)12-16)27-21(29)13-33-23(30)15-5-3-6-17(10-15)34(31,32)28-9-8-14-4-1-2-7-20(14)28/h1-7,10-12H,8-9,13H2,(H,27,29). The van der Waals surface area contributed by atoms with Gasteiger partial charge in [-0.3, -0.25) is 9.10 Å². The molecule has 0 fully saturated rings. The van der Waals surface area contributed by atoms with Gasteiger partial charge in [-0.15, -0.1) is 0 Å². The number of rotatable bonds is 6. The third-order valence-corrected chi connectivity index (χ3v) is 7.73. The molecule has 1 amide bonds. The summed E-state index contributed by atoms with van der Waals surface area (Å²) < 4.78 is 32.8. The van der Waals surface area contributed by atoms with Gasteiger partial charge in [-0.2, -0.15) is 0 Å². The van der Waals surface area contributed by atoms with Crippen molar-refractivity contribution in [1.29, 1.82) is 0 Å². The highest BCUT2D eigenvalue weighted by molar-refractivity contribution is 7.92. The first-order chi connectivity index (χ1) is 16.2. The molecule has 0 saturated heterocycles. The van der Waals surface area contributed by atoms with Crippen LogP contribution in [0.1, 0.15) is 15.9 Å². The lowest BCUT2D eigenvalue weighted by Crippen LogP contribution is -2.29. The van der Waals surface area contributed by atoms with Gasteiger partial charge in [0.25, 0.3) is 15.9 Å². The molecule has 7 nitrogen and oxygen atoms in total. The zero-order valence-corrected chi connectivity index (χ0v) is 20.5. The molecule has 0 saturated carbocycles. The predicted molar refractivity (Wildman–Crippen MR) is 132 cm³/mol. The maximum absolute atomic E-state index is 13.2. The summed E-state index contributed by atoms with van der Waals surface area (Å²) in [7, 11) is -3.89. The fraction of sp³-hybridized carbons (Fsp3) is 0.130. The van der Waals surface area contributed by atoms with Crippen LogP contribution in [0.4, 0.5) is 11.4 Å². The van der Waals surface area contributed by atoms with E-state index in [9.17, 15) is 18.0 Å². The van der Waals surface area contributed by atoms with Gasteiger partial charge in [-0.05, 0) is 48.4 Å². The van der Waals surface area contributed by atoms with E-state index < -0.39 is 28.5 Å². The van der Waals surface area contributed by atoms with Crippen LogP contribution >= 0.6 is 34.8 Å². The minimum atomic E-state index is -3.89. The maximum atomic E-state index is 13.2. The molecule has 34 heavy (non-hydrogen) atoms. The number of esters is 1. The van der Waals surface area contributed by atoms with E-state index in [1.165, 1.54) is 40.7 Å². The molecule has 3 aromatic carbocycles. The number of amides is 1. The number of ether oxygens (including phenoxy) is 1. The fourth-order valence-corrected chi connectivity index (χ4v) is 5.98. The molecule has 4 rings (SSSR count). The van der Waals surface area contributed by atoms with Gasteiger partial charge in [0.1, 0.15) is 0 Å². The molecule has 176 valence electrons. The molecule has 1 aliphatic rings. The summed E-state index contributed by atoms with van der Waals surface area (Å²) in [6.45, 7) is -0.322. The molecule has 0 aromatic heterocycles. The van der Waals surface area contributed by atoms with Crippen molar-refractivity contribution in [2.24, 2.45) is 0 Å². The van der Waals surface area contributed by atoms with Gasteiger partial charge >= 0.3 is 5.97 Å². The van der Waals surface area contributed by atoms with Crippen LogP contribution in [0, 0.1) is 0 Å². The van der Waals surface area contributed by atoms with Gasteiger partial charge in [0.15, 0.2) is 6.61 Å². The first-order valence-corrected chi connectivity index (χ1v) is 12.6. The van der Waals surface area contributed by atoms with Gasteiger partial charge in [0.05, 0.1) is 31.9 Å². The highest BCUT2D eigenvalue weighted by Crippen LogP contribution is 2.34. The van der Waals surface area contributed by atoms with Crippen LogP contribution in [0.5, 0.6) is 0 Å². The first-order valence-electron chi connectivity index (χ1n) is 9.99. The molecule has 1 aliphatic heterocycles. The average molecular weight is 540 g/mol. The summed E-state index contributed by atoms with van der Waals surface area (Å²) in [5.41, 5.74) is 1.68. The third kappa shape index (κ3) is 5.00. The van der Waals surface area contributed by atoms with Crippen molar-refractivity contribution in [2.45, 2.75) is 11.3 Å². The number of hydrogen-bond acceptors (Lipinski definition) is 5. The SMILES string of the molecule is O=C(COC(=O)c1cccc(S(=O)(=O)N2CCc3ccccc32)c1)Nc1c(Cl)cc(Cl)cc1Cl. The molecule has 3 aromatic rings. The van der Waals surface area contributed by atoms with E-state index in [2.05, 4.69) is 5.32 Å². The van der Waals surface area contributed by atoms with Gasteiger partial charge in [-0.25, -0.2) is 13.2 Å². The summed E-state index contributed by atoms with van der Waals surface area (Å²) in [5.74, 6) is -1.54. The van der Waals surface area contributed by atoms with E-state index in [0.29, 0.717) is 23.7 Å². The van der Waals surface area contributed by atoms with Crippen LogP contribution in [-0.2, 0) is 26.0 Å². The number of anilines is 2. The predicted octanol–water partition coefficient (Wildman–Crippen LogP) is 5.19. The van der Waals surface area contributed by atoms with E-state index >= 15 is 0 Å². The van der Waals surface area contributed by atoms with Crippen LogP contribution in [0.15, 0.2) is 65.6 Å². The topological polar surface area (TPSA) is 92.8 Å². The number of fused-ring (bicyclic) bond motifs is 1. The van der Waals surface area contributed by atoms with Crippen molar-refractivity contribution in [3.63, 3.8) is 0 Å². The second-order valence-corrected chi connectivity index (χ2v) is 10.5. The Kier molecular flexibility index (Phi) is 7.04. The molecular weight excluding hydrogens is 523 g/mol. The Balaban J connectivity index is 1.45. The van der Waals surface area contributed by atoms with Crippen LogP contribution < -0.4 is 9.62 Å². The Bertz CT molecular complexity index is 1370. The second-order valence-electron chi connectivity index (χ2n) is 7.35. The van der Waals surface area contributed by atoms with E-state index in [1.807, 2.05) is 12.1 Å². The lowest BCUT2D eigenvalue weighted by molar-refractivity contribution is -0.119. The van der Waals surface area contributed by atoms with Gasteiger partial charge in [0.2, 0.25) is 0 Å². The van der Waals surface area contributed by atoms with E-state index in [0.717, 1.165) is 5.56 Å². The Morgan fingerprint density at radius 3 is 2.41 bits per heavy atom.